The van der Waals surface area contributed by atoms with Gasteiger partial charge in [0.25, 0.3) is 0 Å². The van der Waals surface area contributed by atoms with Crippen LogP contribution >= 0.6 is 0 Å². The van der Waals surface area contributed by atoms with Gasteiger partial charge in [-0.25, -0.2) is 0 Å². The van der Waals surface area contributed by atoms with E-state index in [0.29, 0.717) is 0 Å². The molecule has 0 aromatic carbocycles. The van der Waals surface area contributed by atoms with Gasteiger partial charge in [0.05, 0.1) is 0 Å². The molecule has 0 N–H and O–H groups in total. The molecule has 0 atom stereocenters. The minimum atomic E-state index is 0. The van der Waals surface area contributed by atoms with Gasteiger partial charge in [-0.3, -0.25) is 0 Å². The molecule has 0 fully saturated rings. The maximum Gasteiger partial charge on any atom is -2.00 e. The van der Waals surface area contributed by atoms with E-state index >= 15 is 0 Å². The summed E-state index contributed by atoms with van der Waals surface area (Å²) in [6.07, 6.45) is 0. The molecule has 0 amide bonds. The average molecular weight is 144 g/mol. The third-order valence-electron chi connectivity index (χ3n) is 0. The maximum atomic E-state index is 2.58. The molecular weight excluding hydrogens is 134 g/mol. The van der Waals surface area contributed by atoms with Gasteiger partial charge < -0.3 is 11.0 Å². The summed E-state index contributed by atoms with van der Waals surface area (Å²) in [6.45, 7) is 4.18. The van der Waals surface area contributed by atoms with Crippen molar-refractivity contribution in [3.63, 3.8) is 0 Å². The molecular formula is C4H10Al2O2. The summed E-state index contributed by atoms with van der Waals surface area (Å²) < 4.78 is 0. The Bertz CT molecular complexity index is 14.0. The van der Waals surface area contributed by atoms with Crippen LogP contribution in [-0.2, 0) is 11.0 Å². The van der Waals surface area contributed by atoms with Gasteiger partial charge in [-0.1, -0.05) is 0 Å². The van der Waals surface area contributed by atoms with E-state index in [4.69, 9.17) is 0 Å². The molecule has 4 heteroatoms. The first-order valence-corrected chi connectivity index (χ1v) is 3.86. The first-order chi connectivity index (χ1) is 2.83. The molecule has 0 aliphatic heterocycles. The largest absolute Gasteiger partial charge is 2.00 e. The monoisotopic (exact) mass is 144 g/mol. The maximum absolute atomic E-state index is 2.58. The fourth-order valence-electron chi connectivity index (χ4n) is 0. The Kier molecular flexibility index (Phi) is 126. The zero-order valence-corrected chi connectivity index (χ0v) is 7.69. The Morgan fingerprint density at radius 2 is 0.875 bits per heavy atom. The molecule has 0 aliphatic carbocycles. The Morgan fingerprint density at radius 3 is 0.875 bits per heavy atom. The number of hydrogen-bond donors (Lipinski definition) is 0. The van der Waals surface area contributed by atoms with Gasteiger partial charge in [-0.05, 0) is 0 Å². The minimum Gasteiger partial charge on any atom is -2.00 e. The van der Waals surface area contributed by atoms with Gasteiger partial charge >= 0.3 is 57.0 Å². The van der Waals surface area contributed by atoms with Crippen LogP contribution < -0.4 is 0 Å². The molecule has 0 saturated carbocycles. The third-order valence-corrected chi connectivity index (χ3v) is 0. The molecule has 0 aromatic rings. The molecule has 44 valence electrons. The van der Waals surface area contributed by atoms with Crippen molar-refractivity contribution in [1.82, 2.24) is 0 Å². The van der Waals surface area contributed by atoms with Gasteiger partial charge in [0.1, 0.15) is 0 Å². The molecule has 0 spiro atoms. The van der Waals surface area contributed by atoms with Gasteiger partial charge in [0.2, 0.25) is 0 Å². The average Bonchev–Trinajstić information content (AvgIpc) is 1.39. The van der Waals surface area contributed by atoms with E-state index in [-0.39, 0.29) is 11.0 Å². The fraction of sp³-hybridized carbons (Fsp3) is 1.00. The van der Waals surface area contributed by atoms with Crippen LogP contribution in [-0.4, -0.2) is 32.6 Å². The first-order valence-electron chi connectivity index (χ1n) is 2.23. The Hall–Kier alpha value is 0.985. The second-order valence-electron chi connectivity index (χ2n) is 0.816. The van der Waals surface area contributed by atoms with E-state index in [1.54, 1.807) is 0 Å². The predicted molar refractivity (Wildman–Crippen MR) is 33.8 cm³/mol. The van der Waals surface area contributed by atoms with Crippen molar-refractivity contribution in [3.8, 4) is 0 Å². The molecule has 0 aromatic heterocycles. The summed E-state index contributed by atoms with van der Waals surface area (Å²) in [5.41, 5.74) is 0. The summed E-state index contributed by atoms with van der Waals surface area (Å²) in [6, 6.07) is 0. The van der Waals surface area contributed by atoms with Crippen LogP contribution in [0.5, 0.6) is 0 Å². The summed E-state index contributed by atoms with van der Waals surface area (Å²) in [5.74, 6) is 0. The van der Waals surface area contributed by atoms with Crippen molar-refractivity contribution < 1.29 is 11.0 Å². The van der Waals surface area contributed by atoms with Gasteiger partial charge in [-0.2, -0.15) is 0 Å². The molecule has 0 bridgehead atoms. The Morgan fingerprint density at radius 1 is 0.875 bits per heavy atom. The van der Waals surface area contributed by atoms with Crippen molar-refractivity contribution in [2.24, 2.45) is 0 Å². The van der Waals surface area contributed by atoms with Crippen molar-refractivity contribution in [2.45, 2.75) is 24.4 Å². The van der Waals surface area contributed by atoms with Crippen LogP contribution in [0.25, 0.3) is 0 Å². The number of rotatable bonds is 0. The van der Waals surface area contributed by atoms with E-state index in [2.05, 4.69) is 46.4 Å². The smallest absolute Gasteiger partial charge is 2.00 e. The Labute approximate surface area is 68.1 Å². The second kappa shape index (κ2) is 43.7. The molecule has 0 radical (unpaired) electrons. The van der Waals surface area contributed by atoms with Crippen molar-refractivity contribution >= 4 is 32.6 Å². The van der Waals surface area contributed by atoms with Crippen LogP contribution in [0.1, 0.15) is 13.8 Å². The Balaban J connectivity index is -0.0000000160. The van der Waals surface area contributed by atoms with Crippen LogP contribution in [0.2, 0.25) is 10.6 Å². The van der Waals surface area contributed by atoms with E-state index in [1.165, 1.54) is 10.6 Å². The van der Waals surface area contributed by atoms with Crippen molar-refractivity contribution in [2.75, 3.05) is 0 Å². The summed E-state index contributed by atoms with van der Waals surface area (Å²) in [4.78, 5) is 0. The molecule has 0 aliphatic rings. The predicted octanol–water partition coefficient (Wildman–Crippen LogP) is 0.949. The minimum absolute atomic E-state index is 0. The summed E-state index contributed by atoms with van der Waals surface area (Å²) in [5, 5.41) is 2.33. The summed E-state index contributed by atoms with van der Waals surface area (Å²) >= 11 is 5.16. The standard InChI is InChI=1S/2C2H5.2Al.2O/c2*1-2;;;;/h2*1H2,2H3;;;;/q;;2*+2;2*-2. The molecule has 0 unspecified atom stereocenters. The first kappa shape index (κ1) is 23.1. The quantitative estimate of drug-likeness (QED) is 0.454. The second-order valence-corrected chi connectivity index (χ2v) is 2.45. The van der Waals surface area contributed by atoms with E-state index < -0.39 is 0 Å². The van der Waals surface area contributed by atoms with Crippen LogP contribution in [0.4, 0.5) is 0 Å². The van der Waals surface area contributed by atoms with E-state index in [9.17, 15) is 0 Å². The van der Waals surface area contributed by atoms with Crippen LogP contribution in [0.15, 0.2) is 0 Å². The fourth-order valence-corrected chi connectivity index (χ4v) is 0. The normalized spacial score (nSPS) is 4.75. The van der Waals surface area contributed by atoms with Crippen LogP contribution in [0, 0.1) is 0 Å². The van der Waals surface area contributed by atoms with Gasteiger partial charge in [-0.15, -0.1) is 0 Å². The molecule has 2 nitrogen and oxygen atoms in total. The molecule has 0 rings (SSSR count). The van der Waals surface area contributed by atoms with Crippen molar-refractivity contribution in [3.05, 3.63) is 0 Å². The summed E-state index contributed by atoms with van der Waals surface area (Å²) in [7, 11) is 0. The molecule has 0 saturated heterocycles. The van der Waals surface area contributed by atoms with Crippen molar-refractivity contribution in [1.29, 1.82) is 0 Å². The molecule has 8 heavy (non-hydrogen) atoms. The van der Waals surface area contributed by atoms with E-state index in [0.717, 1.165) is 0 Å². The topological polar surface area (TPSA) is 57.0 Å². The zero-order valence-electron chi connectivity index (χ0n) is 5.39. The zero-order chi connectivity index (χ0) is 5.41. The number of hydrogen-bond acceptors (Lipinski definition) is 0. The third kappa shape index (κ3) is 258. The molecule has 0 heterocycles. The van der Waals surface area contributed by atoms with E-state index in [1.807, 2.05) is 0 Å². The van der Waals surface area contributed by atoms with Gasteiger partial charge in [0.15, 0.2) is 0 Å². The van der Waals surface area contributed by atoms with Gasteiger partial charge in [0, 0.05) is 0 Å². The van der Waals surface area contributed by atoms with Crippen LogP contribution in [0.3, 0.4) is 0 Å². The SMILES string of the molecule is C[CH2][Al+2].C[CH2][Al+2].[O-2].[O-2].